The first kappa shape index (κ1) is 36.4. The molecule has 0 atom stereocenters. The molecule has 2 aliphatic carbocycles. The number of nitrogens with zero attached hydrogens (tertiary/aromatic N) is 2. The van der Waals surface area contributed by atoms with E-state index in [0.29, 0.717) is 0 Å². The van der Waals surface area contributed by atoms with Crippen LogP contribution in [0.4, 0.5) is 17.1 Å². The number of aromatic nitrogens is 1. The second-order valence-electron chi connectivity index (χ2n) is 18.1. The second-order valence-corrected chi connectivity index (χ2v) is 18.1. The summed E-state index contributed by atoms with van der Waals surface area (Å²) in [5.74, 6) is 0. The SMILES string of the molecule is CC1(C)c2ccccc2-c2c(N(c3cccc(-c4cccc5c4C(C)(C)c4ccccc4-5)c3)c3cccc(-c4cccc5c6ccccc6n(-c6ccccc6)c45)c3)cccc21. The zero-order valence-corrected chi connectivity index (χ0v) is 35.5. The number of fused-ring (bicyclic) bond motifs is 9. The molecule has 0 radical (unpaired) electrons. The average molecular weight is 795 g/mol. The summed E-state index contributed by atoms with van der Waals surface area (Å²) in [5, 5.41) is 2.50. The van der Waals surface area contributed by atoms with Gasteiger partial charge in [-0.3, -0.25) is 0 Å². The Morgan fingerprint density at radius 3 is 1.69 bits per heavy atom. The van der Waals surface area contributed by atoms with Gasteiger partial charge >= 0.3 is 0 Å². The van der Waals surface area contributed by atoms with Gasteiger partial charge < -0.3 is 9.47 Å². The summed E-state index contributed by atoms with van der Waals surface area (Å²) in [7, 11) is 0. The highest BCUT2D eigenvalue weighted by atomic mass is 15.1. The van der Waals surface area contributed by atoms with Crippen molar-refractivity contribution in [2.75, 3.05) is 4.90 Å². The highest BCUT2D eigenvalue weighted by Crippen LogP contribution is 2.56. The van der Waals surface area contributed by atoms with Crippen LogP contribution in [-0.2, 0) is 10.8 Å². The molecule has 12 rings (SSSR count). The smallest absolute Gasteiger partial charge is 0.0619 e. The summed E-state index contributed by atoms with van der Waals surface area (Å²) in [4.78, 5) is 2.51. The van der Waals surface area contributed by atoms with E-state index in [9.17, 15) is 0 Å². The van der Waals surface area contributed by atoms with Crippen molar-refractivity contribution in [3.8, 4) is 50.2 Å². The monoisotopic (exact) mass is 794 g/mol. The fraction of sp³-hybridized carbons (Fsp3) is 0.100. The molecular weight excluding hydrogens is 749 g/mol. The van der Waals surface area contributed by atoms with Gasteiger partial charge in [0.25, 0.3) is 0 Å². The Kier molecular flexibility index (Phi) is 7.96. The van der Waals surface area contributed by atoms with Crippen molar-refractivity contribution >= 4 is 38.9 Å². The fourth-order valence-corrected chi connectivity index (χ4v) is 11.2. The zero-order chi connectivity index (χ0) is 41.7. The molecule has 1 heterocycles. The lowest BCUT2D eigenvalue weighted by molar-refractivity contribution is 0.660. The molecule has 0 N–H and O–H groups in total. The third kappa shape index (κ3) is 5.23. The molecule has 1 aromatic heterocycles. The normalized spacial score (nSPS) is 14.1. The van der Waals surface area contributed by atoms with E-state index < -0.39 is 0 Å². The van der Waals surface area contributed by atoms with Crippen molar-refractivity contribution in [2.45, 2.75) is 38.5 Å². The lowest BCUT2D eigenvalue weighted by Crippen LogP contribution is -2.16. The Bertz CT molecular complexity index is 3420. The number of benzene rings is 9. The summed E-state index contributed by atoms with van der Waals surface area (Å²) in [6.07, 6.45) is 0. The van der Waals surface area contributed by atoms with Crippen molar-refractivity contribution in [1.82, 2.24) is 4.57 Å². The van der Waals surface area contributed by atoms with Crippen LogP contribution < -0.4 is 4.90 Å². The Labute approximate surface area is 364 Å². The van der Waals surface area contributed by atoms with Crippen LogP contribution in [0.1, 0.15) is 49.9 Å². The number of hydrogen-bond acceptors (Lipinski definition) is 1. The molecular formula is C60H46N2. The predicted octanol–water partition coefficient (Wildman–Crippen LogP) is 16.2. The first-order valence-corrected chi connectivity index (χ1v) is 21.9. The van der Waals surface area contributed by atoms with Crippen LogP contribution in [0.2, 0.25) is 0 Å². The van der Waals surface area contributed by atoms with E-state index in [1.54, 1.807) is 0 Å². The minimum absolute atomic E-state index is 0.134. The Hall–Kier alpha value is -7.42. The maximum absolute atomic E-state index is 2.51. The molecule has 0 bridgehead atoms. The molecule has 62 heavy (non-hydrogen) atoms. The molecule has 0 aliphatic heterocycles. The van der Waals surface area contributed by atoms with Crippen molar-refractivity contribution in [3.05, 3.63) is 229 Å². The maximum atomic E-state index is 2.51. The summed E-state index contributed by atoms with van der Waals surface area (Å²) in [5.41, 5.74) is 22.4. The third-order valence-electron chi connectivity index (χ3n) is 13.9. The third-order valence-corrected chi connectivity index (χ3v) is 13.9. The largest absolute Gasteiger partial charge is 0.310 e. The average Bonchev–Trinajstić information content (AvgIpc) is 3.87. The number of hydrogen-bond donors (Lipinski definition) is 0. The number of para-hydroxylation sites is 3. The van der Waals surface area contributed by atoms with Crippen molar-refractivity contribution in [3.63, 3.8) is 0 Å². The standard InChI is InChI=1S/C60H46N2/c1-59(2)52-33-12-9-27-50(52)56-53(59)34-18-36-55(56)61(42-23-14-19-39(37-42)44-28-16-30-48-46-25-8-11-32-51(46)60(3,4)57(44)48)43-24-15-20-40(38-43)45-29-17-31-49-47-26-10-13-35-54(47)62(58(45)49)41-21-6-5-7-22-41/h5-38H,1-4H3. The molecule has 2 nitrogen and oxygen atoms in total. The predicted molar refractivity (Wildman–Crippen MR) is 261 cm³/mol. The molecule has 10 aromatic rings. The highest BCUT2D eigenvalue weighted by Gasteiger charge is 2.39. The minimum Gasteiger partial charge on any atom is -0.310 e. The van der Waals surface area contributed by atoms with Crippen LogP contribution >= 0.6 is 0 Å². The van der Waals surface area contributed by atoms with E-state index in [1.165, 1.54) is 94.3 Å². The van der Waals surface area contributed by atoms with Gasteiger partial charge in [0.1, 0.15) is 0 Å². The maximum Gasteiger partial charge on any atom is 0.0619 e. The Morgan fingerprint density at radius 2 is 0.919 bits per heavy atom. The minimum atomic E-state index is -0.136. The first-order chi connectivity index (χ1) is 30.3. The van der Waals surface area contributed by atoms with Gasteiger partial charge in [0.15, 0.2) is 0 Å². The molecule has 0 amide bonds. The second kappa shape index (κ2) is 13.5. The molecule has 296 valence electrons. The van der Waals surface area contributed by atoms with Gasteiger partial charge in [-0.15, -0.1) is 0 Å². The molecule has 9 aromatic carbocycles. The van der Waals surface area contributed by atoms with Gasteiger partial charge in [0, 0.05) is 49.8 Å². The zero-order valence-electron chi connectivity index (χ0n) is 35.5. The van der Waals surface area contributed by atoms with Crippen LogP contribution in [0.5, 0.6) is 0 Å². The summed E-state index contributed by atoms with van der Waals surface area (Å²) in [6, 6.07) is 76.5. The van der Waals surface area contributed by atoms with Gasteiger partial charge in [-0.25, -0.2) is 0 Å². The quantitative estimate of drug-likeness (QED) is 0.163. The topological polar surface area (TPSA) is 8.17 Å². The van der Waals surface area contributed by atoms with Gasteiger partial charge in [0.05, 0.1) is 16.7 Å². The van der Waals surface area contributed by atoms with Crippen molar-refractivity contribution in [2.24, 2.45) is 0 Å². The van der Waals surface area contributed by atoms with Crippen LogP contribution in [0.3, 0.4) is 0 Å². The highest BCUT2D eigenvalue weighted by molar-refractivity contribution is 6.14. The van der Waals surface area contributed by atoms with Gasteiger partial charge in [-0.1, -0.05) is 185 Å². The van der Waals surface area contributed by atoms with Crippen LogP contribution in [0, 0.1) is 0 Å². The Morgan fingerprint density at radius 1 is 0.387 bits per heavy atom. The molecule has 0 spiro atoms. The number of anilines is 3. The van der Waals surface area contributed by atoms with Gasteiger partial charge in [0.2, 0.25) is 0 Å². The van der Waals surface area contributed by atoms with Crippen molar-refractivity contribution < 1.29 is 0 Å². The van der Waals surface area contributed by atoms with Crippen LogP contribution in [-0.4, -0.2) is 4.57 Å². The molecule has 2 aliphatic rings. The van der Waals surface area contributed by atoms with Gasteiger partial charge in [-0.2, -0.15) is 0 Å². The van der Waals surface area contributed by atoms with E-state index in [0.717, 1.165) is 17.1 Å². The van der Waals surface area contributed by atoms with Gasteiger partial charge in [-0.05, 0) is 104 Å². The Balaban J connectivity index is 1.10. The molecule has 2 heteroatoms. The van der Waals surface area contributed by atoms with E-state index in [2.05, 4.69) is 243 Å². The molecule has 0 unspecified atom stereocenters. The molecule has 0 fully saturated rings. The molecule has 0 saturated carbocycles. The van der Waals surface area contributed by atoms with E-state index in [4.69, 9.17) is 0 Å². The summed E-state index contributed by atoms with van der Waals surface area (Å²) >= 11 is 0. The lowest BCUT2D eigenvalue weighted by Gasteiger charge is -2.30. The molecule has 0 saturated heterocycles. The summed E-state index contributed by atoms with van der Waals surface area (Å²) in [6.45, 7) is 9.50. The number of rotatable bonds is 6. The van der Waals surface area contributed by atoms with Crippen molar-refractivity contribution in [1.29, 1.82) is 0 Å². The van der Waals surface area contributed by atoms with E-state index in [1.807, 2.05) is 0 Å². The van der Waals surface area contributed by atoms with Crippen LogP contribution in [0.15, 0.2) is 206 Å². The fourth-order valence-electron chi connectivity index (χ4n) is 11.2. The lowest BCUT2D eigenvalue weighted by atomic mass is 9.79. The van der Waals surface area contributed by atoms with E-state index >= 15 is 0 Å². The first-order valence-electron chi connectivity index (χ1n) is 21.9. The van der Waals surface area contributed by atoms with Crippen LogP contribution in [0.25, 0.3) is 72.0 Å². The van der Waals surface area contributed by atoms with E-state index in [-0.39, 0.29) is 10.8 Å². The summed E-state index contributed by atoms with van der Waals surface area (Å²) < 4.78 is 2.44.